The fourth-order valence-electron chi connectivity index (χ4n) is 6.24. The van der Waals surface area contributed by atoms with Crippen molar-refractivity contribution in [3.8, 4) is 11.1 Å². The number of alkyl carbamates (subject to hydrolysis) is 1. The number of nitrogens with zero attached hydrogens (tertiary/aromatic N) is 1. The van der Waals surface area contributed by atoms with E-state index in [9.17, 15) is 19.5 Å². The summed E-state index contributed by atoms with van der Waals surface area (Å²) in [6, 6.07) is 15.3. The molecule has 2 aromatic carbocycles. The van der Waals surface area contributed by atoms with Crippen molar-refractivity contribution in [1.29, 1.82) is 0 Å². The number of benzene rings is 2. The molecule has 7 heteroatoms. The minimum atomic E-state index is -1.29. The van der Waals surface area contributed by atoms with Gasteiger partial charge in [-0.2, -0.15) is 0 Å². The lowest BCUT2D eigenvalue weighted by atomic mass is 9.84. The Balaban J connectivity index is 1.27. The minimum absolute atomic E-state index is 0.0788. The van der Waals surface area contributed by atoms with Gasteiger partial charge in [-0.15, -0.1) is 0 Å². The van der Waals surface area contributed by atoms with Gasteiger partial charge in [-0.3, -0.25) is 4.79 Å². The number of carboxylic acid groups (broad SMARTS) is 1. The van der Waals surface area contributed by atoms with Crippen LogP contribution in [-0.4, -0.2) is 52.2 Å². The summed E-state index contributed by atoms with van der Waals surface area (Å²) >= 11 is 0. The number of ether oxygens (including phenoxy) is 1. The maximum Gasteiger partial charge on any atom is 0.408 e. The first-order valence-electron chi connectivity index (χ1n) is 12.5. The molecule has 0 spiro atoms. The monoisotopic (exact) mass is 476 g/mol. The van der Waals surface area contributed by atoms with Crippen molar-refractivity contribution in [3.05, 3.63) is 59.7 Å². The van der Waals surface area contributed by atoms with Gasteiger partial charge in [-0.05, 0) is 61.3 Å². The van der Waals surface area contributed by atoms with Gasteiger partial charge >= 0.3 is 12.1 Å². The standard InChI is InChI=1S/C28H32N2O5/c1-28(2,26(33)30-23-14-8-3-9-17(23)15-24(30)25(31)32)29-27(34)35-16-22-20-12-6-4-10-18(20)19-11-5-7-13-21(19)22/h4-7,10-13,17,22-24H,3,8-9,14-16H2,1-2H3,(H,29,34)(H,31,32). The quantitative estimate of drug-likeness (QED) is 0.660. The fraction of sp³-hybridized carbons (Fsp3) is 0.464. The van der Waals surface area contributed by atoms with Crippen LogP contribution in [0.25, 0.3) is 11.1 Å². The number of nitrogens with one attached hydrogen (secondary N) is 1. The van der Waals surface area contributed by atoms with Crippen LogP contribution < -0.4 is 5.32 Å². The molecule has 2 amide bonds. The Hall–Kier alpha value is -3.35. The molecule has 1 saturated carbocycles. The van der Waals surface area contributed by atoms with Crippen molar-refractivity contribution in [2.24, 2.45) is 5.92 Å². The zero-order chi connectivity index (χ0) is 24.7. The third kappa shape index (κ3) is 4.17. The first kappa shape index (κ1) is 23.4. The maximum atomic E-state index is 13.6. The topological polar surface area (TPSA) is 95.9 Å². The molecule has 3 unspecified atom stereocenters. The average molecular weight is 477 g/mol. The van der Waals surface area contributed by atoms with Crippen molar-refractivity contribution in [3.63, 3.8) is 0 Å². The summed E-state index contributed by atoms with van der Waals surface area (Å²) in [5.41, 5.74) is 3.22. The van der Waals surface area contributed by atoms with E-state index in [1.165, 1.54) is 4.90 Å². The third-order valence-electron chi connectivity index (χ3n) is 7.90. The molecule has 3 atom stereocenters. The van der Waals surface area contributed by atoms with Gasteiger partial charge in [0.05, 0.1) is 0 Å². The van der Waals surface area contributed by atoms with E-state index in [-0.39, 0.29) is 30.4 Å². The Morgan fingerprint density at radius 1 is 1.00 bits per heavy atom. The van der Waals surface area contributed by atoms with Crippen LogP contribution in [0, 0.1) is 5.92 Å². The van der Waals surface area contributed by atoms with Crippen LogP contribution in [0.15, 0.2) is 48.5 Å². The number of rotatable bonds is 5. The average Bonchev–Trinajstić information content (AvgIpc) is 3.38. The molecule has 35 heavy (non-hydrogen) atoms. The van der Waals surface area contributed by atoms with Crippen LogP contribution in [0.1, 0.15) is 63.0 Å². The molecule has 2 aromatic rings. The molecule has 0 radical (unpaired) electrons. The summed E-state index contributed by atoms with van der Waals surface area (Å²) in [4.78, 5) is 39.9. The van der Waals surface area contributed by atoms with Gasteiger partial charge in [0.1, 0.15) is 18.2 Å². The highest BCUT2D eigenvalue weighted by Gasteiger charge is 2.51. The molecule has 5 rings (SSSR count). The second-order valence-electron chi connectivity index (χ2n) is 10.5. The molecule has 2 aliphatic carbocycles. The number of hydrogen-bond acceptors (Lipinski definition) is 4. The summed E-state index contributed by atoms with van der Waals surface area (Å²) < 4.78 is 5.63. The molecule has 3 aliphatic rings. The Bertz CT molecular complexity index is 1110. The van der Waals surface area contributed by atoms with Gasteiger partial charge in [-0.25, -0.2) is 9.59 Å². The van der Waals surface area contributed by atoms with E-state index < -0.39 is 23.6 Å². The van der Waals surface area contributed by atoms with Crippen molar-refractivity contribution in [2.45, 2.75) is 69.5 Å². The summed E-state index contributed by atoms with van der Waals surface area (Å²) in [5.74, 6) is -1.22. The lowest BCUT2D eigenvalue weighted by Crippen LogP contribution is -2.60. The van der Waals surface area contributed by atoms with E-state index in [1.807, 2.05) is 24.3 Å². The molecule has 7 nitrogen and oxygen atoms in total. The van der Waals surface area contributed by atoms with E-state index in [4.69, 9.17) is 4.74 Å². The van der Waals surface area contributed by atoms with E-state index in [2.05, 4.69) is 29.6 Å². The molecule has 1 aliphatic heterocycles. The van der Waals surface area contributed by atoms with Crippen LogP contribution >= 0.6 is 0 Å². The van der Waals surface area contributed by atoms with Crippen LogP contribution in [0.5, 0.6) is 0 Å². The van der Waals surface area contributed by atoms with Crippen molar-refractivity contribution < 1.29 is 24.2 Å². The molecular weight excluding hydrogens is 444 g/mol. The Labute approximate surface area is 205 Å². The number of amides is 2. The second-order valence-corrected chi connectivity index (χ2v) is 10.5. The zero-order valence-corrected chi connectivity index (χ0v) is 20.2. The highest BCUT2D eigenvalue weighted by atomic mass is 16.5. The van der Waals surface area contributed by atoms with Gasteiger partial charge in [0.25, 0.3) is 0 Å². The van der Waals surface area contributed by atoms with E-state index in [0.717, 1.165) is 47.9 Å². The highest BCUT2D eigenvalue weighted by molar-refractivity contribution is 5.93. The molecule has 0 bridgehead atoms. The molecule has 184 valence electrons. The number of carbonyl (C=O) groups excluding carboxylic acids is 2. The van der Waals surface area contributed by atoms with Crippen molar-refractivity contribution in [1.82, 2.24) is 10.2 Å². The Kier molecular flexibility index (Phi) is 6.03. The first-order valence-corrected chi connectivity index (χ1v) is 12.5. The normalized spacial score (nSPS) is 23.3. The predicted octanol–water partition coefficient (Wildman–Crippen LogP) is 4.55. The SMILES string of the molecule is CC(C)(NC(=O)OCC1c2ccccc2-c2ccccc21)C(=O)N1C(C(=O)O)CC2CCCCC21. The van der Waals surface area contributed by atoms with Crippen LogP contribution in [0.4, 0.5) is 4.79 Å². The third-order valence-corrected chi connectivity index (χ3v) is 7.90. The zero-order valence-electron chi connectivity index (χ0n) is 20.2. The number of hydrogen-bond donors (Lipinski definition) is 2. The first-order chi connectivity index (χ1) is 16.8. The second kappa shape index (κ2) is 9.02. The summed E-state index contributed by atoms with van der Waals surface area (Å²) in [6.45, 7) is 3.38. The van der Waals surface area contributed by atoms with Gasteiger partial charge in [0.2, 0.25) is 5.91 Å². The van der Waals surface area contributed by atoms with E-state index in [0.29, 0.717) is 6.42 Å². The molecule has 1 saturated heterocycles. The number of likely N-dealkylation sites (tertiary alicyclic amines) is 1. The number of fused-ring (bicyclic) bond motifs is 4. The number of aliphatic carboxylic acids is 1. The molecule has 2 fully saturated rings. The molecule has 2 N–H and O–H groups in total. The van der Waals surface area contributed by atoms with E-state index >= 15 is 0 Å². The van der Waals surface area contributed by atoms with Gasteiger partial charge in [0, 0.05) is 12.0 Å². The van der Waals surface area contributed by atoms with Gasteiger partial charge in [0.15, 0.2) is 0 Å². The molecule has 1 heterocycles. The van der Waals surface area contributed by atoms with Crippen molar-refractivity contribution >= 4 is 18.0 Å². The lowest BCUT2D eigenvalue weighted by Gasteiger charge is -2.38. The molecule has 0 aromatic heterocycles. The lowest BCUT2D eigenvalue weighted by molar-refractivity contribution is -0.152. The predicted molar refractivity (Wildman–Crippen MR) is 131 cm³/mol. The van der Waals surface area contributed by atoms with Gasteiger partial charge in [-0.1, -0.05) is 61.4 Å². The molecular formula is C28H32N2O5. The summed E-state index contributed by atoms with van der Waals surface area (Å²) in [6.07, 6.45) is 3.59. The fourth-order valence-corrected chi connectivity index (χ4v) is 6.24. The van der Waals surface area contributed by atoms with Crippen molar-refractivity contribution in [2.75, 3.05) is 6.61 Å². The smallest absolute Gasteiger partial charge is 0.408 e. The number of carbonyl (C=O) groups is 3. The van der Waals surface area contributed by atoms with Crippen LogP contribution in [0.2, 0.25) is 0 Å². The van der Waals surface area contributed by atoms with Crippen LogP contribution in [0.3, 0.4) is 0 Å². The van der Waals surface area contributed by atoms with Gasteiger partial charge < -0.3 is 20.1 Å². The van der Waals surface area contributed by atoms with Crippen LogP contribution in [-0.2, 0) is 14.3 Å². The minimum Gasteiger partial charge on any atom is -0.480 e. The largest absolute Gasteiger partial charge is 0.480 e. The number of carboxylic acids is 1. The Morgan fingerprint density at radius 3 is 2.23 bits per heavy atom. The Morgan fingerprint density at radius 2 is 1.60 bits per heavy atom. The maximum absolute atomic E-state index is 13.6. The van der Waals surface area contributed by atoms with E-state index in [1.54, 1.807) is 13.8 Å². The summed E-state index contributed by atoms with van der Waals surface area (Å²) in [7, 11) is 0. The summed E-state index contributed by atoms with van der Waals surface area (Å²) in [5, 5.41) is 12.5. The highest BCUT2D eigenvalue weighted by Crippen LogP contribution is 2.44.